The van der Waals surface area contributed by atoms with E-state index in [1.54, 1.807) is 36.5 Å². The van der Waals surface area contributed by atoms with Crippen LogP contribution >= 0.6 is 22.9 Å². The molecule has 1 heterocycles. The van der Waals surface area contributed by atoms with Gasteiger partial charge in [0.15, 0.2) is 0 Å². The largest absolute Gasteiger partial charge is 0.486 e. The minimum absolute atomic E-state index is 0.0415. The molecule has 0 aliphatic carbocycles. The summed E-state index contributed by atoms with van der Waals surface area (Å²) in [7, 11) is 0. The summed E-state index contributed by atoms with van der Waals surface area (Å²) in [6.07, 6.45) is -0.625. The van der Waals surface area contributed by atoms with E-state index in [4.69, 9.17) is 16.3 Å². The summed E-state index contributed by atoms with van der Waals surface area (Å²) in [6.45, 7) is 8.49. The number of hydrogen-bond acceptors (Lipinski definition) is 4. The zero-order chi connectivity index (χ0) is 15.6. The van der Waals surface area contributed by atoms with Gasteiger partial charge in [-0.3, -0.25) is 0 Å². The first kappa shape index (κ1) is 16.3. The van der Waals surface area contributed by atoms with Crippen molar-refractivity contribution in [3.8, 4) is 5.75 Å². The van der Waals surface area contributed by atoms with Gasteiger partial charge in [0, 0.05) is 21.4 Å². The van der Waals surface area contributed by atoms with E-state index in [0.717, 1.165) is 10.7 Å². The molecule has 1 aromatic heterocycles. The van der Waals surface area contributed by atoms with Gasteiger partial charge in [-0.2, -0.15) is 0 Å². The zero-order valence-corrected chi connectivity index (χ0v) is 14.3. The molecule has 0 radical (unpaired) electrons. The van der Waals surface area contributed by atoms with E-state index in [2.05, 4.69) is 31.1 Å². The highest BCUT2D eigenvalue weighted by Gasteiger charge is 2.18. The van der Waals surface area contributed by atoms with Gasteiger partial charge in [0.05, 0.1) is 11.8 Å². The molecule has 3 nitrogen and oxygen atoms in total. The third kappa shape index (κ3) is 4.19. The Bertz CT molecular complexity index is 617. The van der Waals surface area contributed by atoms with Crippen molar-refractivity contribution in [3.63, 3.8) is 0 Å². The van der Waals surface area contributed by atoms with Crippen LogP contribution in [0.2, 0.25) is 5.02 Å². The standard InChI is InChI=1S/C16H20ClNO2S/c1-10(19)12-7-11(17)5-6-13(12)20-8-15-18-14(9-21-15)16(2,3)4/h5-7,9-10,19H,8H2,1-4H3/t10-/m0/s1. The number of aromatic nitrogens is 1. The summed E-state index contributed by atoms with van der Waals surface area (Å²) < 4.78 is 5.79. The van der Waals surface area contributed by atoms with Gasteiger partial charge in [0.25, 0.3) is 0 Å². The summed E-state index contributed by atoms with van der Waals surface area (Å²) in [5.41, 5.74) is 1.80. The molecule has 0 aliphatic heterocycles. The number of aliphatic hydroxyl groups is 1. The summed E-state index contributed by atoms with van der Waals surface area (Å²) in [4.78, 5) is 4.59. The molecule has 0 unspecified atom stereocenters. The van der Waals surface area contributed by atoms with Crippen LogP contribution in [0.15, 0.2) is 23.6 Å². The molecule has 0 bridgehead atoms. The summed E-state index contributed by atoms with van der Waals surface area (Å²) >= 11 is 7.54. The van der Waals surface area contributed by atoms with E-state index < -0.39 is 6.10 Å². The van der Waals surface area contributed by atoms with E-state index in [1.165, 1.54) is 0 Å². The highest BCUT2D eigenvalue weighted by Crippen LogP contribution is 2.30. The predicted molar refractivity (Wildman–Crippen MR) is 87.2 cm³/mol. The Morgan fingerprint density at radius 2 is 2.10 bits per heavy atom. The van der Waals surface area contributed by atoms with Crippen LogP contribution in [-0.2, 0) is 12.0 Å². The Hall–Kier alpha value is -1.10. The Morgan fingerprint density at radius 1 is 1.38 bits per heavy atom. The molecular formula is C16H20ClNO2S. The van der Waals surface area contributed by atoms with Crippen molar-refractivity contribution < 1.29 is 9.84 Å². The Morgan fingerprint density at radius 3 is 2.67 bits per heavy atom. The monoisotopic (exact) mass is 325 g/mol. The Balaban J connectivity index is 2.12. The highest BCUT2D eigenvalue weighted by atomic mass is 35.5. The van der Waals surface area contributed by atoms with Gasteiger partial charge in [-0.25, -0.2) is 4.98 Å². The van der Waals surface area contributed by atoms with Crippen molar-refractivity contribution >= 4 is 22.9 Å². The van der Waals surface area contributed by atoms with E-state index in [0.29, 0.717) is 22.9 Å². The highest BCUT2D eigenvalue weighted by molar-refractivity contribution is 7.09. The molecule has 114 valence electrons. The van der Waals surface area contributed by atoms with Gasteiger partial charge >= 0.3 is 0 Å². The van der Waals surface area contributed by atoms with E-state index in [-0.39, 0.29) is 5.41 Å². The Kier molecular flexibility index (Phi) is 4.91. The molecule has 2 rings (SSSR count). The second-order valence-corrected chi connectivity index (χ2v) is 7.40. The smallest absolute Gasteiger partial charge is 0.140 e. The molecule has 21 heavy (non-hydrogen) atoms. The van der Waals surface area contributed by atoms with Gasteiger partial charge in [-0.15, -0.1) is 11.3 Å². The second-order valence-electron chi connectivity index (χ2n) is 6.02. The first-order valence-corrected chi connectivity index (χ1v) is 8.08. The SMILES string of the molecule is C[C@H](O)c1cc(Cl)ccc1OCc1nc(C(C)(C)C)cs1. The van der Waals surface area contributed by atoms with Crippen LogP contribution in [0.25, 0.3) is 0 Å². The average molecular weight is 326 g/mol. The van der Waals surface area contributed by atoms with Gasteiger partial charge in [0.1, 0.15) is 17.4 Å². The fraction of sp³-hybridized carbons (Fsp3) is 0.438. The minimum atomic E-state index is -0.625. The second kappa shape index (κ2) is 6.34. The maximum Gasteiger partial charge on any atom is 0.140 e. The van der Waals surface area contributed by atoms with Gasteiger partial charge in [-0.05, 0) is 25.1 Å². The van der Waals surface area contributed by atoms with Crippen molar-refractivity contribution in [2.24, 2.45) is 0 Å². The van der Waals surface area contributed by atoms with Crippen LogP contribution < -0.4 is 4.74 Å². The maximum atomic E-state index is 9.79. The molecule has 2 aromatic rings. The van der Waals surface area contributed by atoms with Gasteiger partial charge in [0.2, 0.25) is 0 Å². The summed E-state index contributed by atoms with van der Waals surface area (Å²) in [5, 5.41) is 13.4. The van der Waals surface area contributed by atoms with Crippen molar-refractivity contribution in [2.45, 2.75) is 45.8 Å². The predicted octanol–water partition coefficient (Wildman–Crippen LogP) is 4.73. The quantitative estimate of drug-likeness (QED) is 0.884. The molecule has 0 amide bonds. The minimum Gasteiger partial charge on any atom is -0.486 e. The van der Waals surface area contributed by atoms with Crippen LogP contribution in [0.3, 0.4) is 0 Å². The lowest BCUT2D eigenvalue weighted by atomic mass is 9.93. The molecule has 0 spiro atoms. The van der Waals surface area contributed by atoms with Gasteiger partial charge < -0.3 is 9.84 Å². The molecule has 1 N–H and O–H groups in total. The molecule has 0 saturated heterocycles. The molecule has 0 aliphatic rings. The van der Waals surface area contributed by atoms with Crippen LogP contribution in [0, 0.1) is 0 Å². The fourth-order valence-corrected chi connectivity index (χ4v) is 2.95. The van der Waals surface area contributed by atoms with E-state index in [9.17, 15) is 5.11 Å². The van der Waals surface area contributed by atoms with Gasteiger partial charge in [-0.1, -0.05) is 32.4 Å². The first-order chi connectivity index (χ1) is 9.77. The Labute approximate surface area is 134 Å². The molecule has 1 aromatic carbocycles. The topological polar surface area (TPSA) is 42.4 Å². The number of hydrogen-bond donors (Lipinski definition) is 1. The van der Waals surface area contributed by atoms with E-state index in [1.807, 2.05) is 0 Å². The molecule has 0 fully saturated rings. The summed E-state index contributed by atoms with van der Waals surface area (Å²) in [6, 6.07) is 5.26. The molecule has 1 atom stereocenters. The van der Waals surface area contributed by atoms with Crippen molar-refractivity contribution in [2.75, 3.05) is 0 Å². The first-order valence-electron chi connectivity index (χ1n) is 6.82. The third-order valence-electron chi connectivity index (χ3n) is 3.09. The molecule has 0 saturated carbocycles. The normalized spacial score (nSPS) is 13.2. The lowest BCUT2D eigenvalue weighted by molar-refractivity contribution is 0.190. The average Bonchev–Trinajstić information content (AvgIpc) is 2.85. The number of benzene rings is 1. The van der Waals surface area contributed by atoms with E-state index >= 15 is 0 Å². The maximum absolute atomic E-state index is 9.79. The van der Waals surface area contributed by atoms with Crippen LogP contribution in [0.1, 0.15) is 50.1 Å². The number of aliphatic hydroxyl groups excluding tert-OH is 1. The molecule has 5 heteroatoms. The summed E-state index contributed by atoms with van der Waals surface area (Å²) in [5.74, 6) is 0.641. The zero-order valence-electron chi connectivity index (χ0n) is 12.7. The van der Waals surface area contributed by atoms with Crippen molar-refractivity contribution in [1.29, 1.82) is 0 Å². The third-order valence-corrected chi connectivity index (χ3v) is 4.15. The molecular weight excluding hydrogens is 306 g/mol. The fourth-order valence-electron chi connectivity index (χ4n) is 1.84. The number of nitrogens with zero attached hydrogens (tertiary/aromatic N) is 1. The number of ether oxygens (including phenoxy) is 1. The van der Waals surface area contributed by atoms with Crippen molar-refractivity contribution in [1.82, 2.24) is 4.98 Å². The van der Waals surface area contributed by atoms with Crippen molar-refractivity contribution in [3.05, 3.63) is 44.9 Å². The number of halogens is 1. The lowest BCUT2D eigenvalue weighted by Crippen LogP contribution is -2.11. The van der Waals surface area contributed by atoms with Crippen LogP contribution in [0.4, 0.5) is 0 Å². The number of thiazole rings is 1. The lowest BCUT2D eigenvalue weighted by Gasteiger charge is -2.14. The van der Waals surface area contributed by atoms with Crippen LogP contribution in [-0.4, -0.2) is 10.1 Å². The number of rotatable bonds is 4. The van der Waals surface area contributed by atoms with Crippen LogP contribution in [0.5, 0.6) is 5.75 Å².